The lowest BCUT2D eigenvalue weighted by atomic mass is 10.2. The average Bonchev–Trinajstić information content (AvgIpc) is 2.43. The van der Waals surface area contributed by atoms with Crippen LogP contribution in [-0.2, 0) is 11.3 Å². The second kappa shape index (κ2) is 9.58. The summed E-state index contributed by atoms with van der Waals surface area (Å²) in [5.74, 6) is 1.27. The van der Waals surface area contributed by atoms with Gasteiger partial charge in [-0.15, -0.1) is 0 Å². The SMILES string of the molecule is CCOc1cccc(CNCCOC)c1OCCF. The molecule has 0 amide bonds. The Labute approximate surface area is 113 Å². The molecule has 0 aliphatic heterocycles. The molecule has 0 aromatic heterocycles. The number of alkyl halides is 1. The average molecular weight is 271 g/mol. The van der Waals surface area contributed by atoms with Crippen LogP contribution >= 0.6 is 0 Å². The molecule has 0 bridgehead atoms. The second-order valence-electron chi connectivity index (χ2n) is 3.88. The third kappa shape index (κ3) is 5.44. The van der Waals surface area contributed by atoms with Crippen molar-refractivity contribution in [3.8, 4) is 11.5 Å². The number of methoxy groups -OCH3 is 1. The van der Waals surface area contributed by atoms with Gasteiger partial charge < -0.3 is 19.5 Å². The number of nitrogens with one attached hydrogen (secondary N) is 1. The van der Waals surface area contributed by atoms with E-state index in [2.05, 4.69) is 5.32 Å². The summed E-state index contributed by atoms with van der Waals surface area (Å²) in [6, 6.07) is 5.67. The minimum atomic E-state index is -0.517. The maximum absolute atomic E-state index is 12.3. The molecule has 1 N–H and O–H groups in total. The first kappa shape index (κ1) is 15.7. The largest absolute Gasteiger partial charge is 0.490 e. The molecule has 1 aromatic rings. The Hall–Kier alpha value is -1.33. The Bertz CT molecular complexity index is 361. The monoisotopic (exact) mass is 271 g/mol. The molecule has 5 heteroatoms. The first-order chi connectivity index (χ1) is 9.33. The summed E-state index contributed by atoms with van der Waals surface area (Å²) in [6.07, 6.45) is 0. The van der Waals surface area contributed by atoms with Gasteiger partial charge in [-0.25, -0.2) is 4.39 Å². The predicted molar refractivity (Wildman–Crippen MR) is 72.7 cm³/mol. The fourth-order valence-corrected chi connectivity index (χ4v) is 1.67. The second-order valence-corrected chi connectivity index (χ2v) is 3.88. The highest BCUT2D eigenvalue weighted by Gasteiger charge is 2.10. The molecule has 4 nitrogen and oxygen atoms in total. The van der Waals surface area contributed by atoms with E-state index in [9.17, 15) is 4.39 Å². The molecule has 0 aliphatic carbocycles. The van der Waals surface area contributed by atoms with E-state index >= 15 is 0 Å². The molecule has 0 fully saturated rings. The van der Waals surface area contributed by atoms with Crippen LogP contribution < -0.4 is 14.8 Å². The van der Waals surface area contributed by atoms with Crippen molar-refractivity contribution in [2.75, 3.05) is 40.1 Å². The summed E-state index contributed by atoms with van der Waals surface area (Å²) in [6.45, 7) is 4.00. The van der Waals surface area contributed by atoms with Gasteiger partial charge in [0.25, 0.3) is 0 Å². The van der Waals surface area contributed by atoms with Crippen molar-refractivity contribution >= 4 is 0 Å². The first-order valence-electron chi connectivity index (χ1n) is 6.46. The molecule has 0 unspecified atom stereocenters. The molecular formula is C14H22FNO3. The van der Waals surface area contributed by atoms with Crippen molar-refractivity contribution < 1.29 is 18.6 Å². The summed E-state index contributed by atoms with van der Waals surface area (Å²) in [7, 11) is 1.66. The Morgan fingerprint density at radius 1 is 1.21 bits per heavy atom. The summed E-state index contributed by atoms with van der Waals surface area (Å²) < 4.78 is 28.2. The zero-order chi connectivity index (χ0) is 13.9. The van der Waals surface area contributed by atoms with Gasteiger partial charge in [0.15, 0.2) is 11.5 Å². The van der Waals surface area contributed by atoms with E-state index in [1.807, 2.05) is 25.1 Å². The number of halogens is 1. The number of hydrogen-bond donors (Lipinski definition) is 1. The van der Waals surface area contributed by atoms with Crippen molar-refractivity contribution in [2.24, 2.45) is 0 Å². The van der Waals surface area contributed by atoms with Crippen molar-refractivity contribution in [2.45, 2.75) is 13.5 Å². The normalized spacial score (nSPS) is 10.5. The summed E-state index contributed by atoms with van der Waals surface area (Å²) >= 11 is 0. The van der Waals surface area contributed by atoms with Crippen molar-refractivity contribution in [3.63, 3.8) is 0 Å². The van der Waals surface area contributed by atoms with Gasteiger partial charge in [0.05, 0.1) is 13.2 Å². The Kier molecular flexibility index (Phi) is 7.93. The number of para-hydroxylation sites is 1. The minimum Gasteiger partial charge on any atom is -0.490 e. The summed E-state index contributed by atoms with van der Waals surface area (Å²) in [5.41, 5.74) is 0.954. The lowest BCUT2D eigenvalue weighted by Gasteiger charge is -2.15. The van der Waals surface area contributed by atoms with Gasteiger partial charge in [-0.05, 0) is 13.0 Å². The number of ether oxygens (including phenoxy) is 3. The lowest BCUT2D eigenvalue weighted by Crippen LogP contribution is -2.19. The van der Waals surface area contributed by atoms with Crippen LogP contribution in [0.2, 0.25) is 0 Å². The van der Waals surface area contributed by atoms with E-state index in [0.29, 0.717) is 31.3 Å². The van der Waals surface area contributed by atoms with Crippen LogP contribution in [0.3, 0.4) is 0 Å². The van der Waals surface area contributed by atoms with Crippen LogP contribution in [0, 0.1) is 0 Å². The fraction of sp³-hybridized carbons (Fsp3) is 0.571. The van der Waals surface area contributed by atoms with Gasteiger partial charge in [0.2, 0.25) is 0 Å². The zero-order valence-corrected chi connectivity index (χ0v) is 11.6. The maximum atomic E-state index is 12.3. The highest BCUT2D eigenvalue weighted by molar-refractivity contribution is 5.46. The third-order valence-corrected chi connectivity index (χ3v) is 2.48. The van der Waals surface area contributed by atoms with Gasteiger partial charge in [-0.1, -0.05) is 12.1 Å². The Balaban J connectivity index is 2.72. The first-order valence-corrected chi connectivity index (χ1v) is 6.46. The number of rotatable bonds is 10. The molecule has 1 aromatic carbocycles. The smallest absolute Gasteiger partial charge is 0.165 e. The van der Waals surface area contributed by atoms with Crippen LogP contribution in [0.15, 0.2) is 18.2 Å². The molecule has 0 radical (unpaired) electrons. The van der Waals surface area contributed by atoms with E-state index in [1.165, 1.54) is 0 Å². The number of benzene rings is 1. The molecule has 0 atom stereocenters. The van der Waals surface area contributed by atoms with Crippen molar-refractivity contribution in [3.05, 3.63) is 23.8 Å². The quantitative estimate of drug-likeness (QED) is 0.662. The standard InChI is InChI=1S/C14H22FNO3/c1-3-18-13-6-4-5-12(11-16-8-10-17-2)14(13)19-9-7-15/h4-6,16H,3,7-11H2,1-2H3. The van der Waals surface area contributed by atoms with Crippen LogP contribution in [0.5, 0.6) is 11.5 Å². The van der Waals surface area contributed by atoms with Crippen molar-refractivity contribution in [1.29, 1.82) is 0 Å². The van der Waals surface area contributed by atoms with Gasteiger partial charge >= 0.3 is 0 Å². The van der Waals surface area contributed by atoms with Crippen molar-refractivity contribution in [1.82, 2.24) is 5.32 Å². The van der Waals surface area contributed by atoms with Crippen LogP contribution in [0.4, 0.5) is 4.39 Å². The fourth-order valence-electron chi connectivity index (χ4n) is 1.67. The van der Waals surface area contributed by atoms with Gasteiger partial charge in [-0.3, -0.25) is 0 Å². The molecule has 0 saturated carbocycles. The minimum absolute atomic E-state index is 0.0369. The lowest BCUT2D eigenvalue weighted by molar-refractivity contribution is 0.198. The zero-order valence-electron chi connectivity index (χ0n) is 11.6. The Morgan fingerprint density at radius 2 is 2.05 bits per heavy atom. The molecule has 19 heavy (non-hydrogen) atoms. The highest BCUT2D eigenvalue weighted by atomic mass is 19.1. The molecule has 0 saturated heterocycles. The van der Waals surface area contributed by atoms with Crippen LogP contribution in [0.1, 0.15) is 12.5 Å². The van der Waals surface area contributed by atoms with Gasteiger partial charge in [0, 0.05) is 25.8 Å². The molecular weight excluding hydrogens is 249 g/mol. The number of hydrogen-bond acceptors (Lipinski definition) is 4. The van der Waals surface area contributed by atoms with Crippen LogP contribution in [-0.4, -0.2) is 40.1 Å². The van der Waals surface area contributed by atoms with Gasteiger partial charge in [-0.2, -0.15) is 0 Å². The summed E-state index contributed by atoms with van der Waals surface area (Å²) in [4.78, 5) is 0. The van der Waals surface area contributed by atoms with E-state index in [-0.39, 0.29) is 6.61 Å². The molecule has 1 rings (SSSR count). The molecule has 108 valence electrons. The van der Waals surface area contributed by atoms with E-state index in [1.54, 1.807) is 7.11 Å². The molecule has 0 spiro atoms. The topological polar surface area (TPSA) is 39.7 Å². The molecule has 0 heterocycles. The van der Waals surface area contributed by atoms with Crippen LogP contribution in [0.25, 0.3) is 0 Å². The predicted octanol–water partition coefficient (Wildman–Crippen LogP) is 2.17. The van der Waals surface area contributed by atoms with Gasteiger partial charge in [0.1, 0.15) is 13.3 Å². The summed E-state index contributed by atoms with van der Waals surface area (Å²) in [5, 5.41) is 3.23. The van der Waals surface area contributed by atoms with E-state index in [4.69, 9.17) is 14.2 Å². The van der Waals surface area contributed by atoms with E-state index in [0.717, 1.165) is 12.1 Å². The Morgan fingerprint density at radius 3 is 2.74 bits per heavy atom. The van der Waals surface area contributed by atoms with E-state index < -0.39 is 6.67 Å². The maximum Gasteiger partial charge on any atom is 0.165 e. The third-order valence-electron chi connectivity index (χ3n) is 2.48. The molecule has 0 aliphatic rings. The highest BCUT2D eigenvalue weighted by Crippen LogP contribution is 2.31.